The zero-order valence-corrected chi connectivity index (χ0v) is 13.4. The normalized spacial score (nSPS) is 17.0. The van der Waals surface area contributed by atoms with Gasteiger partial charge in [0.15, 0.2) is 5.82 Å². The predicted octanol–water partition coefficient (Wildman–Crippen LogP) is 2.63. The first kappa shape index (κ1) is 14.6. The van der Waals surface area contributed by atoms with E-state index < -0.39 is 0 Å². The number of aryl methyl sites for hydroxylation is 1. The van der Waals surface area contributed by atoms with E-state index in [2.05, 4.69) is 34.5 Å². The summed E-state index contributed by atoms with van der Waals surface area (Å²) >= 11 is 0. The average Bonchev–Trinajstić information content (AvgIpc) is 2.95. The van der Waals surface area contributed by atoms with Crippen LogP contribution >= 0.6 is 0 Å². The number of nitrogens with zero attached hydrogens (tertiary/aromatic N) is 3. The van der Waals surface area contributed by atoms with Gasteiger partial charge in [-0.15, -0.1) is 0 Å². The highest BCUT2D eigenvalue weighted by atomic mass is 16.5. The van der Waals surface area contributed by atoms with Crippen LogP contribution in [-0.4, -0.2) is 32.8 Å². The lowest BCUT2D eigenvalue weighted by Gasteiger charge is -2.29. The number of carbonyl (C=O) groups excluding carboxylic acids is 1. The Labute approximate surface area is 129 Å². The first-order valence-electron chi connectivity index (χ1n) is 7.36. The molecule has 0 aromatic carbocycles. The van der Waals surface area contributed by atoms with E-state index in [9.17, 15) is 4.79 Å². The van der Waals surface area contributed by atoms with Crippen LogP contribution in [-0.2, 0) is 13.0 Å². The van der Waals surface area contributed by atoms with Crippen LogP contribution in [0.25, 0.3) is 0 Å². The summed E-state index contributed by atoms with van der Waals surface area (Å²) in [6.45, 7) is 9.20. The summed E-state index contributed by atoms with van der Waals surface area (Å²) < 4.78 is 5.09. The third-order valence-electron chi connectivity index (χ3n) is 4.11. The van der Waals surface area contributed by atoms with Crippen LogP contribution in [0.4, 0.5) is 10.6 Å². The molecule has 2 amide bonds. The molecule has 0 atom stereocenters. The highest BCUT2D eigenvalue weighted by molar-refractivity contribution is 5.89. The molecule has 0 spiro atoms. The van der Waals surface area contributed by atoms with E-state index in [1.807, 2.05) is 13.8 Å². The lowest BCUT2D eigenvalue weighted by molar-refractivity contribution is 0.180. The second-order valence-electron chi connectivity index (χ2n) is 6.71. The Kier molecular flexibility index (Phi) is 3.42. The zero-order valence-electron chi connectivity index (χ0n) is 13.4. The molecule has 2 aromatic rings. The van der Waals surface area contributed by atoms with Gasteiger partial charge in [0.05, 0.1) is 12.7 Å². The van der Waals surface area contributed by atoms with Crippen LogP contribution in [0, 0.1) is 19.3 Å². The Bertz CT molecular complexity index is 701. The molecule has 7 nitrogen and oxygen atoms in total. The molecule has 1 aliphatic rings. The van der Waals surface area contributed by atoms with Crippen LogP contribution in [0.15, 0.2) is 10.7 Å². The van der Waals surface area contributed by atoms with E-state index in [1.54, 1.807) is 11.1 Å². The summed E-state index contributed by atoms with van der Waals surface area (Å²) in [7, 11) is 0. The fraction of sp³-hybridized carbons (Fsp3) is 0.533. The summed E-state index contributed by atoms with van der Waals surface area (Å²) in [6.07, 6.45) is 2.66. The molecule has 0 saturated heterocycles. The summed E-state index contributed by atoms with van der Waals surface area (Å²) in [5, 5.41) is 13.9. The van der Waals surface area contributed by atoms with Crippen molar-refractivity contribution in [3.63, 3.8) is 0 Å². The highest BCUT2D eigenvalue weighted by Gasteiger charge is 2.31. The molecule has 22 heavy (non-hydrogen) atoms. The number of carbonyl (C=O) groups is 1. The number of nitrogens with one attached hydrogen (secondary N) is 2. The van der Waals surface area contributed by atoms with Gasteiger partial charge in [0.2, 0.25) is 0 Å². The SMILES string of the molecule is Cc1onc(NC(=O)N2Cc3cn[nH]c3CC(C)(C)C2)c1C. The maximum absolute atomic E-state index is 12.6. The summed E-state index contributed by atoms with van der Waals surface area (Å²) in [5.41, 5.74) is 3.00. The number of urea groups is 1. The van der Waals surface area contributed by atoms with Gasteiger partial charge in [-0.25, -0.2) is 4.79 Å². The van der Waals surface area contributed by atoms with Crippen LogP contribution in [0.3, 0.4) is 0 Å². The molecule has 1 aliphatic heterocycles. The van der Waals surface area contributed by atoms with Crippen molar-refractivity contribution >= 4 is 11.8 Å². The number of amides is 2. The largest absolute Gasteiger partial charge is 0.359 e. The van der Waals surface area contributed by atoms with Crippen molar-refractivity contribution in [1.29, 1.82) is 0 Å². The maximum atomic E-state index is 12.6. The van der Waals surface area contributed by atoms with Gasteiger partial charge in [-0.3, -0.25) is 10.4 Å². The van der Waals surface area contributed by atoms with Gasteiger partial charge in [-0.2, -0.15) is 5.10 Å². The summed E-state index contributed by atoms with van der Waals surface area (Å²) in [6, 6.07) is -0.168. The number of fused-ring (bicyclic) bond motifs is 1. The molecule has 0 unspecified atom stereocenters. The first-order chi connectivity index (χ1) is 10.4. The first-order valence-corrected chi connectivity index (χ1v) is 7.36. The van der Waals surface area contributed by atoms with E-state index >= 15 is 0 Å². The fourth-order valence-corrected chi connectivity index (χ4v) is 2.80. The Balaban J connectivity index is 1.81. The average molecular weight is 303 g/mol. The Hall–Kier alpha value is -2.31. The number of anilines is 1. The Morgan fingerprint density at radius 3 is 2.91 bits per heavy atom. The molecule has 0 aliphatic carbocycles. The van der Waals surface area contributed by atoms with Crippen LogP contribution in [0.2, 0.25) is 0 Å². The number of hydrogen-bond acceptors (Lipinski definition) is 4. The van der Waals surface area contributed by atoms with Crippen LogP contribution in [0.1, 0.15) is 36.4 Å². The topological polar surface area (TPSA) is 87.1 Å². The zero-order chi connectivity index (χ0) is 15.9. The number of H-pyrrole nitrogens is 1. The fourth-order valence-electron chi connectivity index (χ4n) is 2.80. The van der Waals surface area contributed by atoms with Crippen molar-refractivity contribution in [2.75, 3.05) is 11.9 Å². The van der Waals surface area contributed by atoms with Gasteiger partial charge in [0.25, 0.3) is 0 Å². The molecule has 118 valence electrons. The smallest absolute Gasteiger partial charge is 0.323 e. The van der Waals surface area contributed by atoms with Gasteiger partial charge in [-0.1, -0.05) is 19.0 Å². The van der Waals surface area contributed by atoms with Gasteiger partial charge in [0, 0.05) is 23.4 Å². The molecule has 2 N–H and O–H groups in total. The van der Waals surface area contributed by atoms with E-state index in [1.165, 1.54) is 0 Å². The lowest BCUT2D eigenvalue weighted by atomic mass is 9.88. The van der Waals surface area contributed by atoms with Crippen molar-refractivity contribution in [3.8, 4) is 0 Å². The minimum absolute atomic E-state index is 0.0239. The third kappa shape index (κ3) is 2.70. The number of hydrogen-bond donors (Lipinski definition) is 2. The molecular formula is C15H21N5O2. The second kappa shape index (κ2) is 5.15. The third-order valence-corrected chi connectivity index (χ3v) is 4.11. The van der Waals surface area contributed by atoms with Crippen molar-refractivity contribution < 1.29 is 9.32 Å². The molecule has 7 heteroatoms. The molecular weight excluding hydrogens is 282 g/mol. The van der Waals surface area contributed by atoms with E-state index in [4.69, 9.17) is 4.52 Å². The number of rotatable bonds is 1. The van der Waals surface area contributed by atoms with E-state index in [-0.39, 0.29) is 11.4 Å². The van der Waals surface area contributed by atoms with Gasteiger partial charge in [-0.05, 0) is 25.7 Å². The van der Waals surface area contributed by atoms with E-state index in [0.29, 0.717) is 24.7 Å². The predicted molar refractivity (Wildman–Crippen MR) is 81.5 cm³/mol. The van der Waals surface area contributed by atoms with Crippen molar-refractivity contribution in [3.05, 3.63) is 28.8 Å². The monoisotopic (exact) mass is 303 g/mol. The lowest BCUT2D eigenvalue weighted by Crippen LogP contribution is -2.40. The molecule has 2 aromatic heterocycles. The standard InChI is InChI=1S/C15H21N5O2/c1-9-10(2)22-19-13(9)17-14(21)20-7-11-6-16-18-12(11)5-15(3,4)8-20/h6H,5,7-8H2,1-4H3,(H,16,18)(H,17,19,21). The Morgan fingerprint density at radius 1 is 1.45 bits per heavy atom. The highest BCUT2D eigenvalue weighted by Crippen LogP contribution is 2.29. The van der Waals surface area contributed by atoms with Crippen LogP contribution in [0.5, 0.6) is 0 Å². The number of aromatic nitrogens is 3. The van der Waals surface area contributed by atoms with Crippen molar-refractivity contribution in [2.24, 2.45) is 5.41 Å². The van der Waals surface area contributed by atoms with Gasteiger partial charge < -0.3 is 9.42 Å². The quantitative estimate of drug-likeness (QED) is 0.847. The molecule has 0 bridgehead atoms. The minimum Gasteiger partial charge on any atom is -0.359 e. The molecule has 0 saturated carbocycles. The van der Waals surface area contributed by atoms with Crippen molar-refractivity contribution in [2.45, 2.75) is 40.7 Å². The minimum atomic E-state index is -0.168. The molecule has 0 radical (unpaired) electrons. The molecule has 0 fully saturated rings. The molecule has 3 heterocycles. The van der Waals surface area contributed by atoms with Crippen LogP contribution < -0.4 is 5.32 Å². The maximum Gasteiger partial charge on any atom is 0.323 e. The summed E-state index contributed by atoms with van der Waals surface area (Å²) in [4.78, 5) is 14.4. The number of aromatic amines is 1. The van der Waals surface area contributed by atoms with E-state index in [0.717, 1.165) is 23.2 Å². The second-order valence-corrected chi connectivity index (χ2v) is 6.71. The molecule has 3 rings (SSSR count). The Morgan fingerprint density at radius 2 is 2.23 bits per heavy atom. The summed E-state index contributed by atoms with van der Waals surface area (Å²) in [5.74, 6) is 1.19. The van der Waals surface area contributed by atoms with Gasteiger partial charge >= 0.3 is 6.03 Å². The van der Waals surface area contributed by atoms with Crippen molar-refractivity contribution in [1.82, 2.24) is 20.3 Å². The van der Waals surface area contributed by atoms with Gasteiger partial charge in [0.1, 0.15) is 5.76 Å².